The van der Waals surface area contributed by atoms with Gasteiger partial charge < -0.3 is 21.7 Å². The molecule has 0 aromatic rings. The summed E-state index contributed by atoms with van der Waals surface area (Å²) in [5.74, 6) is -1.62. The van der Waals surface area contributed by atoms with Crippen molar-refractivity contribution in [2.75, 3.05) is 6.54 Å². The van der Waals surface area contributed by atoms with Crippen LogP contribution in [-0.4, -0.2) is 53.1 Å². The van der Waals surface area contributed by atoms with E-state index in [2.05, 4.69) is 26.1 Å². The van der Waals surface area contributed by atoms with Gasteiger partial charge in [0.25, 0.3) is 5.91 Å². The molecule has 2 saturated carbocycles. The highest BCUT2D eigenvalue weighted by atomic mass is 16.2. The van der Waals surface area contributed by atoms with Gasteiger partial charge in [-0.15, -0.1) is 0 Å². The van der Waals surface area contributed by atoms with Gasteiger partial charge in [-0.05, 0) is 53.8 Å². The lowest BCUT2D eigenvalue weighted by molar-refractivity contribution is -0.143. The molecule has 3 rings (SSSR count). The fraction of sp³-hybridized carbons (Fsp3) is 0.852. The number of nitrogens with zero attached hydrogens (tertiary/aromatic N) is 1. The van der Waals surface area contributed by atoms with Crippen LogP contribution >= 0.6 is 0 Å². The van der Waals surface area contributed by atoms with Crippen LogP contribution in [0.5, 0.6) is 0 Å². The quantitative estimate of drug-likeness (QED) is 0.427. The van der Waals surface area contributed by atoms with Gasteiger partial charge in [0.1, 0.15) is 6.04 Å². The van der Waals surface area contributed by atoms with E-state index in [0.717, 1.165) is 32.1 Å². The highest BCUT2D eigenvalue weighted by Gasteiger charge is 2.57. The Hall–Kier alpha value is -1.96. The van der Waals surface area contributed by atoms with Crippen molar-refractivity contribution in [3.63, 3.8) is 0 Å². The maximum Gasteiger partial charge on any atom is 0.287 e. The lowest BCUT2D eigenvalue weighted by Gasteiger charge is -2.50. The number of Topliss-reactive ketones (excluding diaryl/α,β-unsaturated/α-hetero) is 1. The van der Waals surface area contributed by atoms with E-state index in [-0.39, 0.29) is 16.7 Å². The molecule has 4 atom stereocenters. The molecular formula is C27H46N4O4. The SMILES string of the molecule is CC(C)(C)C(N)C(=O)N1CC(C)(C(C)(C)C2CCC2)CC1C(=O)NC(CC1CCC1)C(=O)C(N)=O. The highest BCUT2D eigenvalue weighted by Crippen LogP contribution is 2.57. The van der Waals surface area contributed by atoms with Gasteiger partial charge in [-0.2, -0.15) is 0 Å². The van der Waals surface area contributed by atoms with Gasteiger partial charge in [-0.1, -0.05) is 67.2 Å². The van der Waals surface area contributed by atoms with Crippen LogP contribution < -0.4 is 16.8 Å². The van der Waals surface area contributed by atoms with Crippen molar-refractivity contribution in [3.8, 4) is 0 Å². The van der Waals surface area contributed by atoms with Crippen molar-refractivity contribution in [2.24, 2.45) is 39.5 Å². The minimum Gasteiger partial charge on any atom is -0.363 e. The maximum atomic E-state index is 13.7. The average Bonchev–Trinajstić information content (AvgIpc) is 3.05. The molecule has 3 fully saturated rings. The van der Waals surface area contributed by atoms with Crippen LogP contribution in [0.1, 0.15) is 92.9 Å². The fourth-order valence-electron chi connectivity index (χ4n) is 5.92. The first-order valence-corrected chi connectivity index (χ1v) is 13.3. The van der Waals surface area contributed by atoms with Crippen LogP contribution in [0.15, 0.2) is 0 Å². The number of hydrogen-bond donors (Lipinski definition) is 3. The van der Waals surface area contributed by atoms with E-state index in [1.807, 2.05) is 20.8 Å². The van der Waals surface area contributed by atoms with Crippen molar-refractivity contribution < 1.29 is 19.2 Å². The van der Waals surface area contributed by atoms with E-state index in [0.29, 0.717) is 31.2 Å². The van der Waals surface area contributed by atoms with Crippen LogP contribution in [0.3, 0.4) is 0 Å². The normalized spacial score (nSPS) is 27.5. The number of primary amides is 1. The average molecular weight is 491 g/mol. The zero-order valence-corrected chi connectivity index (χ0v) is 22.5. The van der Waals surface area contributed by atoms with Crippen LogP contribution in [-0.2, 0) is 19.2 Å². The minimum atomic E-state index is -1.04. The predicted octanol–water partition coefficient (Wildman–Crippen LogP) is 2.52. The molecule has 4 unspecified atom stereocenters. The van der Waals surface area contributed by atoms with E-state index in [9.17, 15) is 19.2 Å². The number of nitrogens with two attached hydrogens (primary N) is 2. The van der Waals surface area contributed by atoms with E-state index in [1.54, 1.807) is 4.90 Å². The zero-order valence-electron chi connectivity index (χ0n) is 22.5. The Morgan fingerprint density at radius 2 is 1.60 bits per heavy atom. The summed E-state index contributed by atoms with van der Waals surface area (Å²) < 4.78 is 0. The third kappa shape index (κ3) is 5.42. The minimum absolute atomic E-state index is 0.0704. The van der Waals surface area contributed by atoms with E-state index in [1.165, 1.54) is 6.42 Å². The fourth-order valence-corrected chi connectivity index (χ4v) is 5.92. The second-order valence-corrected chi connectivity index (χ2v) is 13.3. The first-order chi connectivity index (χ1) is 16.1. The Labute approximate surface area is 210 Å². The molecule has 0 spiro atoms. The summed E-state index contributed by atoms with van der Waals surface area (Å²) in [5.41, 5.74) is 10.9. The lowest BCUT2D eigenvalue weighted by Crippen LogP contribution is -2.57. The Kier molecular flexibility index (Phi) is 7.76. The first kappa shape index (κ1) is 27.6. The topological polar surface area (TPSA) is 136 Å². The van der Waals surface area contributed by atoms with Crippen LogP contribution in [0.4, 0.5) is 0 Å². The molecule has 8 heteroatoms. The maximum absolute atomic E-state index is 13.7. The Morgan fingerprint density at radius 1 is 1.03 bits per heavy atom. The van der Waals surface area contributed by atoms with Crippen LogP contribution in [0.25, 0.3) is 0 Å². The summed E-state index contributed by atoms with van der Waals surface area (Å²) in [6.07, 6.45) is 7.45. The largest absolute Gasteiger partial charge is 0.363 e. The molecule has 198 valence electrons. The number of nitrogens with one attached hydrogen (secondary N) is 1. The number of hydrogen-bond acceptors (Lipinski definition) is 5. The van der Waals surface area contributed by atoms with Crippen molar-refractivity contribution >= 4 is 23.5 Å². The van der Waals surface area contributed by atoms with E-state index < -0.39 is 41.1 Å². The molecular weight excluding hydrogens is 444 g/mol. The van der Waals surface area contributed by atoms with Gasteiger partial charge in [-0.3, -0.25) is 19.2 Å². The van der Waals surface area contributed by atoms with Crippen molar-refractivity contribution in [1.29, 1.82) is 0 Å². The molecule has 35 heavy (non-hydrogen) atoms. The Morgan fingerprint density at radius 3 is 2.03 bits per heavy atom. The summed E-state index contributed by atoms with van der Waals surface area (Å²) in [7, 11) is 0. The van der Waals surface area contributed by atoms with Crippen molar-refractivity contribution in [3.05, 3.63) is 0 Å². The molecule has 1 aliphatic heterocycles. The van der Waals surface area contributed by atoms with Gasteiger partial charge in [0.05, 0.1) is 12.1 Å². The zero-order chi connectivity index (χ0) is 26.3. The van der Waals surface area contributed by atoms with Gasteiger partial charge in [0.15, 0.2) is 0 Å². The Balaban J connectivity index is 1.88. The molecule has 1 heterocycles. The summed E-state index contributed by atoms with van der Waals surface area (Å²) in [6, 6.07) is -2.46. The summed E-state index contributed by atoms with van der Waals surface area (Å²) in [6.45, 7) is 12.9. The second-order valence-electron chi connectivity index (χ2n) is 13.3. The van der Waals surface area contributed by atoms with E-state index >= 15 is 0 Å². The van der Waals surface area contributed by atoms with E-state index in [4.69, 9.17) is 11.5 Å². The number of amides is 3. The Bertz CT molecular complexity index is 856. The summed E-state index contributed by atoms with van der Waals surface area (Å²) >= 11 is 0. The molecule has 1 saturated heterocycles. The number of rotatable bonds is 9. The predicted molar refractivity (Wildman–Crippen MR) is 135 cm³/mol. The molecule has 0 aromatic carbocycles. The van der Waals surface area contributed by atoms with Crippen LogP contribution in [0.2, 0.25) is 0 Å². The van der Waals surface area contributed by atoms with Gasteiger partial charge in [0.2, 0.25) is 17.6 Å². The highest BCUT2D eigenvalue weighted by molar-refractivity contribution is 6.37. The number of carbonyl (C=O) groups is 4. The van der Waals surface area contributed by atoms with Crippen LogP contribution in [0, 0.1) is 28.1 Å². The molecule has 2 aliphatic carbocycles. The number of carbonyl (C=O) groups excluding carboxylic acids is 4. The number of ketones is 1. The molecule has 3 aliphatic rings. The van der Waals surface area contributed by atoms with Crippen molar-refractivity contribution in [1.82, 2.24) is 10.2 Å². The summed E-state index contributed by atoms with van der Waals surface area (Å²) in [5, 5.41) is 2.82. The summed E-state index contributed by atoms with van der Waals surface area (Å²) in [4.78, 5) is 53.2. The van der Waals surface area contributed by atoms with Gasteiger partial charge >= 0.3 is 0 Å². The molecule has 0 bridgehead atoms. The van der Waals surface area contributed by atoms with Gasteiger partial charge in [-0.25, -0.2) is 0 Å². The standard InChI is InChI=1S/C27H46N4O4/c1-25(2,3)21(28)24(35)31-15-27(6,26(4,5)17-11-8-12-17)14-19(31)23(34)30-18(20(32)22(29)33)13-16-9-7-10-16/h16-19,21H,7-15,28H2,1-6H3,(H2,29,33)(H,30,34). The molecule has 8 nitrogen and oxygen atoms in total. The molecule has 0 radical (unpaired) electrons. The van der Waals surface area contributed by atoms with Crippen molar-refractivity contribution in [2.45, 2.75) is 111 Å². The third-order valence-electron chi connectivity index (χ3n) is 9.68. The number of likely N-dealkylation sites (tertiary alicyclic amines) is 1. The second kappa shape index (κ2) is 9.83. The van der Waals surface area contributed by atoms with Gasteiger partial charge in [0, 0.05) is 6.54 Å². The molecule has 0 aromatic heterocycles. The third-order valence-corrected chi connectivity index (χ3v) is 9.68. The first-order valence-electron chi connectivity index (χ1n) is 13.3. The monoisotopic (exact) mass is 490 g/mol. The molecule has 5 N–H and O–H groups in total. The lowest BCUT2D eigenvalue weighted by atomic mass is 9.54. The smallest absolute Gasteiger partial charge is 0.287 e. The molecule has 3 amide bonds.